The largest absolute Gasteiger partial charge is 0.478 e. The molecule has 1 saturated heterocycles. The van der Waals surface area contributed by atoms with Gasteiger partial charge in [-0.05, 0) is 48.6 Å². The van der Waals surface area contributed by atoms with Gasteiger partial charge in [0.05, 0.1) is 5.56 Å². The minimum Gasteiger partial charge on any atom is -0.478 e. The Morgan fingerprint density at radius 1 is 1.07 bits per heavy atom. The molecule has 0 aromatic heterocycles. The van der Waals surface area contributed by atoms with Gasteiger partial charge in [-0.3, -0.25) is 9.59 Å². The molecule has 0 saturated carbocycles. The number of carbonyl (C=O) groups is 3. The van der Waals surface area contributed by atoms with Crippen LogP contribution in [0.15, 0.2) is 48.5 Å². The Morgan fingerprint density at radius 3 is 2.59 bits per heavy atom. The molecule has 3 rings (SSSR count). The number of aromatic carboxylic acids is 1. The molecule has 140 valence electrons. The highest BCUT2D eigenvalue weighted by Crippen LogP contribution is 2.27. The number of carboxylic acid groups (broad SMARTS) is 1. The van der Waals surface area contributed by atoms with Crippen LogP contribution in [-0.2, 0) is 4.79 Å². The quantitative estimate of drug-likeness (QED) is 0.849. The molecule has 0 spiro atoms. The van der Waals surface area contributed by atoms with Crippen LogP contribution in [0.1, 0.15) is 46.4 Å². The first-order valence-electron chi connectivity index (χ1n) is 8.99. The van der Waals surface area contributed by atoms with Crippen LogP contribution in [0.25, 0.3) is 11.1 Å². The molecule has 6 heteroatoms. The SMILES string of the molecule is NC(=O)C[C@H]1CCCCN1C(=O)c1cccc(-c2ccccc2C(=O)O)c1. The van der Waals surface area contributed by atoms with Gasteiger partial charge >= 0.3 is 5.97 Å². The average molecular weight is 366 g/mol. The maximum absolute atomic E-state index is 13.1. The van der Waals surface area contributed by atoms with Gasteiger partial charge < -0.3 is 15.7 Å². The molecule has 1 heterocycles. The second kappa shape index (κ2) is 8.03. The summed E-state index contributed by atoms with van der Waals surface area (Å²) in [5.41, 5.74) is 7.23. The van der Waals surface area contributed by atoms with Gasteiger partial charge in [-0.1, -0.05) is 30.3 Å². The van der Waals surface area contributed by atoms with Crippen molar-refractivity contribution in [2.75, 3.05) is 6.54 Å². The molecular weight excluding hydrogens is 344 g/mol. The molecule has 1 fully saturated rings. The molecule has 1 aliphatic rings. The Balaban J connectivity index is 1.92. The van der Waals surface area contributed by atoms with E-state index in [0.717, 1.165) is 19.3 Å². The molecule has 0 radical (unpaired) electrons. The van der Waals surface area contributed by atoms with Gasteiger partial charge in [0.25, 0.3) is 5.91 Å². The summed E-state index contributed by atoms with van der Waals surface area (Å²) in [5, 5.41) is 9.41. The Bertz CT molecular complexity index is 878. The lowest BCUT2D eigenvalue weighted by Gasteiger charge is -2.35. The highest BCUT2D eigenvalue weighted by atomic mass is 16.4. The second-order valence-electron chi connectivity index (χ2n) is 6.75. The fraction of sp³-hybridized carbons (Fsp3) is 0.286. The summed E-state index contributed by atoms with van der Waals surface area (Å²) in [5.74, 6) is -1.58. The predicted molar refractivity (Wildman–Crippen MR) is 101 cm³/mol. The lowest BCUT2D eigenvalue weighted by atomic mass is 9.95. The van der Waals surface area contributed by atoms with Crippen molar-refractivity contribution in [2.24, 2.45) is 5.73 Å². The molecule has 2 amide bonds. The van der Waals surface area contributed by atoms with Crippen molar-refractivity contribution in [1.29, 1.82) is 0 Å². The van der Waals surface area contributed by atoms with Gasteiger partial charge in [-0.2, -0.15) is 0 Å². The van der Waals surface area contributed by atoms with E-state index in [-0.39, 0.29) is 23.9 Å². The van der Waals surface area contributed by atoms with Crippen LogP contribution in [0.5, 0.6) is 0 Å². The number of nitrogens with two attached hydrogens (primary N) is 1. The van der Waals surface area contributed by atoms with Crippen molar-refractivity contribution >= 4 is 17.8 Å². The summed E-state index contributed by atoms with van der Waals surface area (Å²) in [6.45, 7) is 0.590. The van der Waals surface area contributed by atoms with E-state index in [0.29, 0.717) is 23.2 Å². The summed E-state index contributed by atoms with van der Waals surface area (Å²) in [4.78, 5) is 37.6. The van der Waals surface area contributed by atoms with Crippen LogP contribution in [0, 0.1) is 0 Å². The van der Waals surface area contributed by atoms with Crippen molar-refractivity contribution in [1.82, 2.24) is 4.90 Å². The van der Waals surface area contributed by atoms with Gasteiger partial charge in [0.1, 0.15) is 0 Å². The molecule has 27 heavy (non-hydrogen) atoms. The number of amides is 2. The fourth-order valence-electron chi connectivity index (χ4n) is 3.62. The van der Waals surface area contributed by atoms with E-state index in [9.17, 15) is 19.5 Å². The van der Waals surface area contributed by atoms with Crippen LogP contribution in [0.3, 0.4) is 0 Å². The molecule has 3 N–H and O–H groups in total. The number of benzene rings is 2. The van der Waals surface area contributed by atoms with Crippen LogP contribution in [0.2, 0.25) is 0 Å². The average Bonchev–Trinajstić information content (AvgIpc) is 2.67. The zero-order valence-electron chi connectivity index (χ0n) is 14.9. The molecule has 2 aromatic rings. The lowest BCUT2D eigenvalue weighted by molar-refractivity contribution is -0.119. The maximum Gasteiger partial charge on any atom is 0.336 e. The van der Waals surface area contributed by atoms with Crippen molar-refractivity contribution < 1.29 is 19.5 Å². The summed E-state index contributed by atoms with van der Waals surface area (Å²) in [7, 11) is 0. The summed E-state index contributed by atoms with van der Waals surface area (Å²) in [6.07, 6.45) is 2.78. The van der Waals surface area contributed by atoms with Crippen molar-refractivity contribution in [3.05, 3.63) is 59.7 Å². The topological polar surface area (TPSA) is 101 Å². The summed E-state index contributed by atoms with van der Waals surface area (Å²) >= 11 is 0. The lowest BCUT2D eigenvalue weighted by Crippen LogP contribution is -2.45. The van der Waals surface area contributed by atoms with E-state index < -0.39 is 11.9 Å². The summed E-state index contributed by atoms with van der Waals surface area (Å²) < 4.78 is 0. The molecule has 0 bridgehead atoms. The van der Waals surface area contributed by atoms with Crippen molar-refractivity contribution in [2.45, 2.75) is 31.7 Å². The predicted octanol–water partition coefficient (Wildman–Crippen LogP) is 2.92. The van der Waals surface area contributed by atoms with E-state index in [4.69, 9.17) is 5.73 Å². The third-order valence-corrected chi connectivity index (χ3v) is 4.90. The van der Waals surface area contributed by atoms with Gasteiger partial charge in [0, 0.05) is 24.6 Å². The number of carboxylic acids is 1. The number of hydrogen-bond donors (Lipinski definition) is 2. The van der Waals surface area contributed by atoms with Crippen LogP contribution in [-0.4, -0.2) is 40.4 Å². The van der Waals surface area contributed by atoms with Gasteiger partial charge in [-0.25, -0.2) is 4.79 Å². The second-order valence-corrected chi connectivity index (χ2v) is 6.75. The van der Waals surface area contributed by atoms with E-state index >= 15 is 0 Å². The summed E-state index contributed by atoms with van der Waals surface area (Å²) in [6, 6.07) is 13.5. The zero-order valence-corrected chi connectivity index (χ0v) is 14.9. The number of likely N-dealkylation sites (tertiary alicyclic amines) is 1. The fourth-order valence-corrected chi connectivity index (χ4v) is 3.62. The number of rotatable bonds is 5. The Hall–Kier alpha value is -3.15. The Labute approximate surface area is 157 Å². The van der Waals surface area contributed by atoms with Crippen LogP contribution in [0.4, 0.5) is 0 Å². The van der Waals surface area contributed by atoms with Crippen molar-refractivity contribution in [3.8, 4) is 11.1 Å². The van der Waals surface area contributed by atoms with Crippen molar-refractivity contribution in [3.63, 3.8) is 0 Å². The van der Waals surface area contributed by atoms with Gasteiger partial charge in [0.15, 0.2) is 0 Å². The number of carbonyl (C=O) groups excluding carboxylic acids is 2. The first-order chi connectivity index (χ1) is 13.0. The first kappa shape index (κ1) is 18.6. The van der Waals surface area contributed by atoms with Gasteiger partial charge in [-0.15, -0.1) is 0 Å². The minimum absolute atomic E-state index is 0.157. The smallest absolute Gasteiger partial charge is 0.336 e. The number of piperidine rings is 1. The third kappa shape index (κ3) is 4.16. The Kier molecular flexibility index (Phi) is 5.54. The van der Waals surface area contributed by atoms with E-state index in [1.165, 1.54) is 0 Å². The highest BCUT2D eigenvalue weighted by molar-refractivity contribution is 5.99. The minimum atomic E-state index is -1.01. The van der Waals surface area contributed by atoms with E-state index in [1.54, 1.807) is 53.4 Å². The Morgan fingerprint density at radius 2 is 1.85 bits per heavy atom. The molecule has 0 aliphatic carbocycles. The highest BCUT2D eigenvalue weighted by Gasteiger charge is 2.28. The molecule has 0 unspecified atom stereocenters. The molecule has 6 nitrogen and oxygen atoms in total. The van der Waals surface area contributed by atoms with E-state index in [2.05, 4.69) is 0 Å². The number of hydrogen-bond acceptors (Lipinski definition) is 3. The zero-order chi connectivity index (χ0) is 19.4. The molecule has 2 aromatic carbocycles. The first-order valence-corrected chi connectivity index (χ1v) is 8.99. The molecule has 1 atom stereocenters. The standard InChI is InChI=1S/C21H22N2O4/c22-19(24)13-16-8-3-4-11-23(16)20(25)15-7-5-6-14(12-15)17-9-1-2-10-18(17)21(26)27/h1-2,5-7,9-10,12,16H,3-4,8,11,13H2,(H2,22,24)(H,26,27)/t16-/m1/s1. The van der Waals surface area contributed by atoms with Crippen LogP contribution < -0.4 is 5.73 Å². The molecular formula is C21H22N2O4. The van der Waals surface area contributed by atoms with Gasteiger partial charge in [0.2, 0.25) is 5.91 Å². The maximum atomic E-state index is 13.1. The van der Waals surface area contributed by atoms with Crippen LogP contribution >= 0.6 is 0 Å². The normalized spacial score (nSPS) is 16.7. The van der Waals surface area contributed by atoms with E-state index in [1.807, 2.05) is 0 Å². The number of primary amides is 1. The molecule has 1 aliphatic heterocycles. The monoisotopic (exact) mass is 366 g/mol. The third-order valence-electron chi connectivity index (χ3n) is 4.90. The number of nitrogens with zero attached hydrogens (tertiary/aromatic N) is 1.